The number of nitrogens with zero attached hydrogens (tertiary/aromatic N) is 4. The number of anilines is 3. The van der Waals surface area contributed by atoms with Crippen LogP contribution in [0, 0.1) is 5.82 Å². The molecule has 5 rings (SSSR count). The van der Waals surface area contributed by atoms with Crippen molar-refractivity contribution in [3.63, 3.8) is 0 Å². The van der Waals surface area contributed by atoms with Crippen LogP contribution in [-0.2, 0) is 0 Å². The summed E-state index contributed by atoms with van der Waals surface area (Å²) < 4.78 is 23.9. The van der Waals surface area contributed by atoms with Crippen LogP contribution < -0.4 is 20.1 Å². The fraction of sp³-hybridized carbons (Fsp3) is 0.143. The van der Waals surface area contributed by atoms with Crippen LogP contribution in [-0.4, -0.2) is 31.9 Å². The van der Waals surface area contributed by atoms with Gasteiger partial charge in [-0.1, -0.05) is 12.1 Å². The van der Waals surface area contributed by atoms with Crippen molar-refractivity contribution in [3.05, 3.63) is 66.2 Å². The Bertz CT molecular complexity index is 1210. The van der Waals surface area contributed by atoms with Gasteiger partial charge in [-0.15, -0.1) is 0 Å². The van der Waals surface area contributed by atoms with E-state index in [2.05, 4.69) is 35.8 Å². The van der Waals surface area contributed by atoms with Crippen LogP contribution in [0.15, 0.2) is 54.9 Å². The highest BCUT2D eigenvalue weighted by Gasteiger charge is 2.15. The Balaban J connectivity index is 1.28. The van der Waals surface area contributed by atoms with Gasteiger partial charge in [-0.25, -0.2) is 14.4 Å². The first-order valence-corrected chi connectivity index (χ1v) is 9.57. The Morgan fingerprint density at radius 3 is 2.68 bits per heavy atom. The van der Waals surface area contributed by atoms with Gasteiger partial charge in [0.25, 0.3) is 0 Å². The van der Waals surface area contributed by atoms with Crippen molar-refractivity contribution >= 4 is 17.7 Å². The highest BCUT2D eigenvalue weighted by molar-refractivity contribution is 5.67. The molecule has 3 N–H and O–H groups in total. The molecule has 10 heteroatoms. The number of aromatic amines is 1. The molecule has 1 unspecified atom stereocenters. The van der Waals surface area contributed by atoms with E-state index in [1.54, 1.807) is 12.1 Å². The molecule has 4 aromatic rings. The van der Waals surface area contributed by atoms with Crippen LogP contribution in [0.25, 0.3) is 11.3 Å². The predicted molar refractivity (Wildman–Crippen MR) is 112 cm³/mol. The SMILES string of the molecule is CC(Nc1ncnc(Nc2cc(-c3ccc4c(c3)OCO4)[nH]n2)n1)c1ccc(F)cc1. The van der Waals surface area contributed by atoms with Crippen LogP contribution in [0.1, 0.15) is 18.5 Å². The van der Waals surface area contributed by atoms with E-state index >= 15 is 0 Å². The quantitative estimate of drug-likeness (QED) is 0.429. The number of hydrogen-bond donors (Lipinski definition) is 3. The normalized spacial score (nSPS) is 13.1. The molecular formula is C21H18FN7O2. The van der Waals surface area contributed by atoms with Crippen LogP contribution in [0.4, 0.5) is 22.1 Å². The van der Waals surface area contributed by atoms with E-state index in [0.717, 1.165) is 22.6 Å². The second-order valence-electron chi connectivity index (χ2n) is 6.91. The third kappa shape index (κ3) is 4.08. The second-order valence-corrected chi connectivity index (χ2v) is 6.91. The van der Waals surface area contributed by atoms with Crippen molar-refractivity contribution in [2.75, 3.05) is 17.4 Å². The van der Waals surface area contributed by atoms with Gasteiger partial charge in [0.2, 0.25) is 18.7 Å². The number of halogens is 1. The van der Waals surface area contributed by atoms with Crippen molar-refractivity contribution in [1.82, 2.24) is 25.1 Å². The minimum absolute atomic E-state index is 0.112. The van der Waals surface area contributed by atoms with E-state index in [4.69, 9.17) is 9.47 Å². The summed E-state index contributed by atoms with van der Waals surface area (Å²) in [4.78, 5) is 12.7. The minimum Gasteiger partial charge on any atom is -0.454 e. The molecule has 2 aromatic carbocycles. The van der Waals surface area contributed by atoms with E-state index in [1.807, 2.05) is 31.2 Å². The lowest BCUT2D eigenvalue weighted by Crippen LogP contribution is -2.11. The number of H-pyrrole nitrogens is 1. The van der Waals surface area contributed by atoms with E-state index in [0.29, 0.717) is 23.5 Å². The highest BCUT2D eigenvalue weighted by atomic mass is 19.1. The first-order valence-electron chi connectivity index (χ1n) is 9.57. The van der Waals surface area contributed by atoms with Gasteiger partial charge in [0.1, 0.15) is 12.1 Å². The van der Waals surface area contributed by atoms with Gasteiger partial charge in [0.05, 0.1) is 11.7 Å². The van der Waals surface area contributed by atoms with Gasteiger partial charge < -0.3 is 20.1 Å². The monoisotopic (exact) mass is 419 g/mol. The molecule has 0 aliphatic carbocycles. The molecule has 1 aliphatic rings. The summed E-state index contributed by atoms with van der Waals surface area (Å²) in [6.45, 7) is 2.17. The Morgan fingerprint density at radius 1 is 1.00 bits per heavy atom. The molecule has 1 atom stereocenters. The van der Waals surface area contributed by atoms with Gasteiger partial charge in [-0.05, 0) is 42.8 Å². The molecular weight excluding hydrogens is 401 g/mol. The third-order valence-corrected chi connectivity index (χ3v) is 4.79. The second kappa shape index (κ2) is 7.90. The van der Waals surface area contributed by atoms with Crippen molar-refractivity contribution in [1.29, 1.82) is 0 Å². The van der Waals surface area contributed by atoms with Crippen molar-refractivity contribution < 1.29 is 13.9 Å². The number of aromatic nitrogens is 5. The lowest BCUT2D eigenvalue weighted by molar-refractivity contribution is 0.174. The maximum atomic E-state index is 13.1. The van der Waals surface area contributed by atoms with Crippen molar-refractivity contribution in [2.24, 2.45) is 0 Å². The molecule has 9 nitrogen and oxygen atoms in total. The lowest BCUT2D eigenvalue weighted by atomic mass is 10.1. The van der Waals surface area contributed by atoms with Crippen LogP contribution in [0.5, 0.6) is 11.5 Å². The maximum Gasteiger partial charge on any atom is 0.233 e. The predicted octanol–water partition coefficient (Wildman–Crippen LogP) is 4.05. The van der Waals surface area contributed by atoms with E-state index in [1.165, 1.54) is 18.5 Å². The summed E-state index contributed by atoms with van der Waals surface area (Å²) in [5.74, 6) is 2.43. The molecule has 0 saturated carbocycles. The number of hydrogen-bond acceptors (Lipinski definition) is 8. The Hall–Kier alpha value is -4.21. The number of fused-ring (bicyclic) bond motifs is 1. The molecule has 3 heterocycles. The Labute approximate surface area is 176 Å². The standard InChI is InChI=1S/C21H18FN7O2/c1-12(13-2-5-15(22)6-3-13)25-20-23-10-24-21(27-20)26-19-9-16(28-29-19)14-4-7-17-18(8-14)31-11-30-17/h2-10,12H,11H2,1H3,(H3,23,24,25,26,27,28,29). The van der Waals surface area contributed by atoms with Crippen molar-refractivity contribution in [2.45, 2.75) is 13.0 Å². The zero-order valence-electron chi connectivity index (χ0n) is 16.5. The number of benzene rings is 2. The van der Waals surface area contributed by atoms with Crippen LogP contribution in [0.3, 0.4) is 0 Å². The molecule has 31 heavy (non-hydrogen) atoms. The first-order chi connectivity index (χ1) is 15.1. The summed E-state index contributed by atoms with van der Waals surface area (Å²) in [5, 5.41) is 13.5. The molecule has 0 saturated heterocycles. The lowest BCUT2D eigenvalue weighted by Gasteiger charge is -2.14. The molecule has 0 fully saturated rings. The van der Waals surface area contributed by atoms with Gasteiger partial charge in [0.15, 0.2) is 17.3 Å². The molecule has 156 valence electrons. The smallest absolute Gasteiger partial charge is 0.233 e. The number of rotatable bonds is 6. The van der Waals surface area contributed by atoms with Crippen molar-refractivity contribution in [3.8, 4) is 22.8 Å². The first kappa shape index (κ1) is 18.8. The zero-order chi connectivity index (χ0) is 21.2. The Morgan fingerprint density at radius 2 is 1.81 bits per heavy atom. The molecule has 0 spiro atoms. The topological polar surface area (TPSA) is 110 Å². The summed E-state index contributed by atoms with van der Waals surface area (Å²) in [6.07, 6.45) is 1.40. The van der Waals surface area contributed by atoms with Gasteiger partial charge in [-0.2, -0.15) is 10.1 Å². The van der Waals surface area contributed by atoms with E-state index in [9.17, 15) is 4.39 Å². The summed E-state index contributed by atoms with van der Waals surface area (Å²) in [7, 11) is 0. The summed E-state index contributed by atoms with van der Waals surface area (Å²) >= 11 is 0. The van der Waals surface area contributed by atoms with Gasteiger partial charge >= 0.3 is 0 Å². The molecule has 2 aromatic heterocycles. The van der Waals surface area contributed by atoms with Crippen LogP contribution in [0.2, 0.25) is 0 Å². The summed E-state index contributed by atoms with van der Waals surface area (Å²) in [5.41, 5.74) is 2.63. The number of ether oxygens (including phenoxy) is 2. The third-order valence-electron chi connectivity index (χ3n) is 4.79. The van der Waals surface area contributed by atoms with Crippen LogP contribution >= 0.6 is 0 Å². The average Bonchev–Trinajstić information content (AvgIpc) is 3.43. The summed E-state index contributed by atoms with van der Waals surface area (Å²) in [6, 6.07) is 13.7. The van der Waals surface area contributed by atoms with E-state index in [-0.39, 0.29) is 18.7 Å². The van der Waals surface area contributed by atoms with E-state index < -0.39 is 0 Å². The van der Waals surface area contributed by atoms with Gasteiger partial charge in [-0.3, -0.25) is 5.10 Å². The Kier molecular flexibility index (Phi) is 4.79. The molecule has 1 aliphatic heterocycles. The molecule has 0 amide bonds. The average molecular weight is 419 g/mol. The fourth-order valence-corrected chi connectivity index (χ4v) is 3.17. The zero-order valence-corrected chi connectivity index (χ0v) is 16.5. The minimum atomic E-state index is -0.276. The van der Waals surface area contributed by atoms with Gasteiger partial charge in [0, 0.05) is 11.6 Å². The molecule has 0 bridgehead atoms. The molecule has 0 radical (unpaired) electrons. The largest absolute Gasteiger partial charge is 0.454 e. The maximum absolute atomic E-state index is 13.1. The number of nitrogens with one attached hydrogen (secondary N) is 3. The fourth-order valence-electron chi connectivity index (χ4n) is 3.17. The highest BCUT2D eigenvalue weighted by Crippen LogP contribution is 2.35.